The van der Waals surface area contributed by atoms with Crippen molar-refractivity contribution in [1.82, 2.24) is 15.1 Å². The van der Waals surface area contributed by atoms with E-state index in [1.54, 1.807) is 28.0 Å². The third-order valence-corrected chi connectivity index (χ3v) is 9.32. The lowest BCUT2D eigenvalue weighted by atomic mass is 10.0. The van der Waals surface area contributed by atoms with Gasteiger partial charge < -0.3 is 5.32 Å². The van der Waals surface area contributed by atoms with Gasteiger partial charge in [0.2, 0.25) is 11.8 Å². The number of carbonyl (C=O) groups excluding carboxylic acids is 2. The van der Waals surface area contributed by atoms with Gasteiger partial charge in [0.25, 0.3) is 0 Å². The predicted molar refractivity (Wildman–Crippen MR) is 151 cm³/mol. The zero-order chi connectivity index (χ0) is 25.5. The number of nitrogens with one attached hydrogen (secondary N) is 1. The van der Waals surface area contributed by atoms with Crippen LogP contribution in [0.2, 0.25) is 0 Å². The SMILES string of the molecule is Cc1ccccc1-n1nc(-c2ccccc2)c2c1N(CC(=O)NC1CC1)C(=O)CSC2c1sccc1C. The molecule has 2 aromatic heterocycles. The summed E-state index contributed by atoms with van der Waals surface area (Å²) in [6.07, 6.45) is 2.00. The standard InChI is InChI=1S/C29H28N4O2S2/c1-18-8-6-7-11-22(18)33-29-25(26(31-33)20-9-4-3-5-10-20)28(27-19(2)14-15-36-27)37-17-24(35)32(29)16-23(34)30-21-12-13-21/h3-11,14-15,21,28H,12-13,16-17H2,1-2H3,(H,30,34). The smallest absolute Gasteiger partial charge is 0.240 e. The first-order valence-electron chi connectivity index (χ1n) is 12.5. The molecule has 2 aliphatic rings. The van der Waals surface area contributed by atoms with Crippen LogP contribution >= 0.6 is 23.1 Å². The van der Waals surface area contributed by atoms with Gasteiger partial charge in [0.1, 0.15) is 12.4 Å². The number of rotatable bonds is 6. The number of amides is 2. The van der Waals surface area contributed by atoms with Crippen molar-refractivity contribution >= 4 is 40.7 Å². The van der Waals surface area contributed by atoms with Crippen LogP contribution in [0, 0.1) is 13.8 Å². The summed E-state index contributed by atoms with van der Waals surface area (Å²) in [4.78, 5) is 29.6. The summed E-state index contributed by atoms with van der Waals surface area (Å²) >= 11 is 3.33. The summed E-state index contributed by atoms with van der Waals surface area (Å²) in [5, 5.41) is 10.3. The largest absolute Gasteiger partial charge is 0.352 e. The molecule has 8 heteroatoms. The molecule has 1 fully saturated rings. The molecule has 1 aliphatic carbocycles. The van der Waals surface area contributed by atoms with Gasteiger partial charge in [0.15, 0.2) is 0 Å². The second-order valence-corrected chi connectivity index (χ2v) is 11.7. The third kappa shape index (κ3) is 4.60. The van der Waals surface area contributed by atoms with E-state index >= 15 is 0 Å². The van der Waals surface area contributed by atoms with Crippen LogP contribution in [0.15, 0.2) is 66.0 Å². The van der Waals surface area contributed by atoms with Crippen molar-refractivity contribution in [2.24, 2.45) is 0 Å². The molecular formula is C29H28N4O2S2. The molecule has 3 heterocycles. The van der Waals surface area contributed by atoms with Crippen molar-refractivity contribution in [3.8, 4) is 16.9 Å². The lowest BCUT2D eigenvalue weighted by Gasteiger charge is -2.23. The highest BCUT2D eigenvalue weighted by molar-refractivity contribution is 8.00. The molecule has 0 bridgehead atoms. The van der Waals surface area contributed by atoms with Gasteiger partial charge in [-0.25, -0.2) is 4.68 Å². The Labute approximate surface area is 224 Å². The average molecular weight is 529 g/mol. The topological polar surface area (TPSA) is 67.2 Å². The number of benzene rings is 2. The molecule has 6 nitrogen and oxygen atoms in total. The van der Waals surface area contributed by atoms with Crippen LogP contribution in [0.1, 0.15) is 39.7 Å². The van der Waals surface area contributed by atoms with E-state index in [2.05, 4.69) is 35.8 Å². The molecule has 0 spiro atoms. The van der Waals surface area contributed by atoms with Crippen LogP contribution in [0.4, 0.5) is 5.82 Å². The van der Waals surface area contributed by atoms with Crippen molar-refractivity contribution in [3.63, 3.8) is 0 Å². The number of aromatic nitrogens is 2. The monoisotopic (exact) mass is 528 g/mol. The van der Waals surface area contributed by atoms with Crippen LogP contribution < -0.4 is 10.2 Å². The number of carbonyl (C=O) groups is 2. The van der Waals surface area contributed by atoms with E-state index in [-0.39, 0.29) is 35.4 Å². The number of hydrogen-bond acceptors (Lipinski definition) is 5. The zero-order valence-corrected chi connectivity index (χ0v) is 22.4. The van der Waals surface area contributed by atoms with Crippen molar-refractivity contribution in [1.29, 1.82) is 0 Å². The average Bonchev–Trinajstić information content (AvgIpc) is 3.51. The second kappa shape index (κ2) is 9.84. The molecule has 6 rings (SSSR count). The fourth-order valence-corrected chi connectivity index (χ4v) is 7.27. The first kappa shape index (κ1) is 24.0. The van der Waals surface area contributed by atoms with Crippen LogP contribution in [-0.2, 0) is 9.59 Å². The molecule has 1 N–H and O–H groups in total. The first-order chi connectivity index (χ1) is 18.0. The molecule has 188 valence electrons. The van der Waals surface area contributed by atoms with E-state index in [4.69, 9.17) is 5.10 Å². The minimum atomic E-state index is -0.128. The minimum Gasteiger partial charge on any atom is -0.352 e. The van der Waals surface area contributed by atoms with Gasteiger partial charge in [-0.3, -0.25) is 14.5 Å². The molecule has 4 aromatic rings. The van der Waals surface area contributed by atoms with Crippen molar-refractivity contribution < 1.29 is 9.59 Å². The van der Waals surface area contributed by atoms with Gasteiger partial charge in [-0.05, 0) is 55.3 Å². The normalized spacial score (nSPS) is 17.4. The molecule has 0 radical (unpaired) electrons. The number of thiophene rings is 1. The van der Waals surface area contributed by atoms with Gasteiger partial charge >= 0.3 is 0 Å². The summed E-state index contributed by atoms with van der Waals surface area (Å²) in [5.41, 5.74) is 5.95. The van der Waals surface area contributed by atoms with Crippen molar-refractivity contribution in [3.05, 3.63) is 87.6 Å². The van der Waals surface area contributed by atoms with Crippen LogP contribution in [0.5, 0.6) is 0 Å². The molecule has 0 saturated heterocycles. The summed E-state index contributed by atoms with van der Waals surface area (Å²) in [6, 6.07) is 20.5. The Balaban J connectivity index is 1.62. The molecule has 2 aromatic carbocycles. The van der Waals surface area contributed by atoms with E-state index in [1.807, 2.05) is 54.1 Å². The lowest BCUT2D eigenvalue weighted by molar-refractivity contribution is -0.123. The van der Waals surface area contributed by atoms with Crippen molar-refractivity contribution in [2.45, 2.75) is 38.0 Å². The maximum absolute atomic E-state index is 13.7. The molecule has 1 saturated carbocycles. The molecule has 2 amide bonds. The number of nitrogens with zero attached hydrogens (tertiary/aromatic N) is 3. The highest BCUT2D eigenvalue weighted by Crippen LogP contribution is 2.50. The predicted octanol–water partition coefficient (Wildman–Crippen LogP) is 5.67. The Kier molecular flexibility index (Phi) is 6.38. The van der Waals surface area contributed by atoms with E-state index in [0.29, 0.717) is 5.82 Å². The molecule has 1 atom stereocenters. The second-order valence-electron chi connectivity index (χ2n) is 9.63. The van der Waals surface area contributed by atoms with Gasteiger partial charge in [-0.2, -0.15) is 5.10 Å². The van der Waals surface area contributed by atoms with E-state index in [0.717, 1.165) is 40.9 Å². The summed E-state index contributed by atoms with van der Waals surface area (Å²) < 4.78 is 1.89. The molecule has 1 aliphatic heterocycles. The van der Waals surface area contributed by atoms with E-state index in [9.17, 15) is 9.59 Å². The van der Waals surface area contributed by atoms with E-state index in [1.165, 1.54) is 10.4 Å². The zero-order valence-electron chi connectivity index (χ0n) is 20.8. The fourth-order valence-electron chi connectivity index (χ4n) is 4.80. The maximum atomic E-state index is 13.7. The Hall–Kier alpha value is -3.36. The summed E-state index contributed by atoms with van der Waals surface area (Å²) in [7, 11) is 0. The van der Waals surface area contributed by atoms with Gasteiger partial charge in [0.05, 0.1) is 22.4 Å². The Morgan fingerprint density at radius 3 is 2.49 bits per heavy atom. The van der Waals surface area contributed by atoms with Gasteiger partial charge in [0, 0.05) is 22.0 Å². The van der Waals surface area contributed by atoms with Crippen LogP contribution in [0.3, 0.4) is 0 Å². The Morgan fingerprint density at radius 2 is 1.78 bits per heavy atom. The fraction of sp³-hybridized carbons (Fsp3) is 0.276. The highest BCUT2D eigenvalue weighted by atomic mass is 32.2. The minimum absolute atomic E-state index is 0.0230. The van der Waals surface area contributed by atoms with Gasteiger partial charge in [-0.15, -0.1) is 23.1 Å². The third-order valence-electron chi connectivity index (χ3n) is 6.86. The Morgan fingerprint density at radius 1 is 1.03 bits per heavy atom. The number of thioether (sulfide) groups is 1. The maximum Gasteiger partial charge on any atom is 0.240 e. The van der Waals surface area contributed by atoms with E-state index < -0.39 is 0 Å². The lowest BCUT2D eigenvalue weighted by Crippen LogP contribution is -2.43. The van der Waals surface area contributed by atoms with Crippen LogP contribution in [0.25, 0.3) is 16.9 Å². The summed E-state index contributed by atoms with van der Waals surface area (Å²) in [5.74, 6) is 0.765. The van der Waals surface area contributed by atoms with Crippen molar-refractivity contribution in [2.75, 3.05) is 17.2 Å². The number of hydrogen-bond donors (Lipinski definition) is 1. The number of aryl methyl sites for hydroxylation is 2. The molecule has 37 heavy (non-hydrogen) atoms. The highest BCUT2D eigenvalue weighted by Gasteiger charge is 2.39. The van der Waals surface area contributed by atoms with Crippen LogP contribution in [-0.4, -0.2) is 39.9 Å². The number of fused-ring (bicyclic) bond motifs is 1. The molecule has 1 unspecified atom stereocenters. The number of anilines is 1. The van der Waals surface area contributed by atoms with Gasteiger partial charge in [-0.1, -0.05) is 48.5 Å². The quantitative estimate of drug-likeness (QED) is 0.350. The first-order valence-corrected chi connectivity index (χ1v) is 14.4. The number of para-hydroxylation sites is 1. The molecular weight excluding hydrogens is 500 g/mol. The Bertz CT molecular complexity index is 1470. The summed E-state index contributed by atoms with van der Waals surface area (Å²) in [6.45, 7) is 4.14.